The topological polar surface area (TPSA) is 38.3 Å². The van der Waals surface area contributed by atoms with E-state index in [0.29, 0.717) is 4.47 Å². The molecule has 0 aromatic heterocycles. The number of hydrogen-bond acceptors (Lipinski definition) is 2. The molecule has 1 atom stereocenters. The average molecular weight is 370 g/mol. The number of carbonyl (C=O) groups is 1. The van der Waals surface area contributed by atoms with E-state index >= 15 is 0 Å². The number of nitrogens with one attached hydrogen (secondary N) is 1. The van der Waals surface area contributed by atoms with Gasteiger partial charge in [-0.3, -0.25) is 4.79 Å². The Labute approximate surface area is 126 Å². The minimum absolute atomic E-state index is 0.154. The highest BCUT2D eigenvalue weighted by Crippen LogP contribution is 2.33. The second-order valence-electron chi connectivity index (χ2n) is 4.84. The standard InChI is InChI=1S/C13H12BrF4NO2/c14-8-1-2-10(18)9(3-8)12(4-15)7-21-13(5-16,6-17)11(20)19-12/h1-3H,4-7H2,(H,19,20). The van der Waals surface area contributed by atoms with Crippen molar-refractivity contribution in [2.24, 2.45) is 0 Å². The molecule has 0 saturated carbocycles. The summed E-state index contributed by atoms with van der Waals surface area (Å²) < 4.78 is 58.6. The van der Waals surface area contributed by atoms with Crippen LogP contribution in [0.2, 0.25) is 0 Å². The molecule has 1 unspecified atom stereocenters. The van der Waals surface area contributed by atoms with Crippen molar-refractivity contribution in [3.63, 3.8) is 0 Å². The summed E-state index contributed by atoms with van der Waals surface area (Å²) in [6, 6.07) is 3.79. The van der Waals surface area contributed by atoms with Gasteiger partial charge in [0.1, 0.15) is 31.4 Å². The van der Waals surface area contributed by atoms with E-state index in [2.05, 4.69) is 21.2 Å². The lowest BCUT2D eigenvalue weighted by atomic mass is 9.87. The van der Waals surface area contributed by atoms with E-state index in [1.54, 1.807) is 0 Å². The minimum atomic E-state index is -2.29. The molecule has 1 N–H and O–H groups in total. The fraction of sp³-hybridized carbons (Fsp3) is 0.462. The molecule has 1 aromatic rings. The summed E-state index contributed by atoms with van der Waals surface area (Å²) in [7, 11) is 0. The Morgan fingerprint density at radius 3 is 2.43 bits per heavy atom. The molecule has 0 spiro atoms. The number of ether oxygens (including phenoxy) is 1. The van der Waals surface area contributed by atoms with E-state index in [-0.39, 0.29) is 5.56 Å². The van der Waals surface area contributed by atoms with Crippen LogP contribution in [0.25, 0.3) is 0 Å². The SMILES string of the molecule is O=C1NC(CF)(c2cc(Br)ccc2F)COC1(CF)CF. The summed E-state index contributed by atoms with van der Waals surface area (Å²) in [5.41, 5.74) is -4.25. The van der Waals surface area contributed by atoms with Crippen LogP contribution >= 0.6 is 15.9 Å². The van der Waals surface area contributed by atoms with Gasteiger partial charge in [0, 0.05) is 10.0 Å². The molecule has 1 aromatic carbocycles. The first-order chi connectivity index (χ1) is 9.93. The number of alkyl halides is 3. The molecule has 0 aliphatic carbocycles. The van der Waals surface area contributed by atoms with Gasteiger partial charge in [-0.1, -0.05) is 15.9 Å². The summed E-state index contributed by atoms with van der Waals surface area (Å²) in [6.45, 7) is -4.53. The quantitative estimate of drug-likeness (QED) is 0.828. The van der Waals surface area contributed by atoms with Crippen molar-refractivity contribution in [1.82, 2.24) is 5.32 Å². The first kappa shape index (κ1) is 16.2. The molecule has 0 radical (unpaired) electrons. The Morgan fingerprint density at radius 1 is 1.24 bits per heavy atom. The normalized spacial score (nSPS) is 24.7. The zero-order valence-corrected chi connectivity index (χ0v) is 12.4. The Morgan fingerprint density at radius 2 is 1.90 bits per heavy atom. The summed E-state index contributed by atoms with van der Waals surface area (Å²) in [6.07, 6.45) is 0. The third-order valence-electron chi connectivity index (χ3n) is 3.47. The lowest BCUT2D eigenvalue weighted by molar-refractivity contribution is -0.174. The molecule has 1 aliphatic rings. The second kappa shape index (κ2) is 5.92. The van der Waals surface area contributed by atoms with E-state index < -0.39 is 49.5 Å². The van der Waals surface area contributed by atoms with Gasteiger partial charge in [-0.25, -0.2) is 17.6 Å². The van der Waals surface area contributed by atoms with Crippen LogP contribution in [0.4, 0.5) is 17.6 Å². The van der Waals surface area contributed by atoms with E-state index in [4.69, 9.17) is 4.74 Å². The maximum Gasteiger partial charge on any atom is 0.258 e. The number of carbonyl (C=O) groups excluding carboxylic acids is 1. The van der Waals surface area contributed by atoms with Gasteiger partial charge in [0.2, 0.25) is 5.60 Å². The van der Waals surface area contributed by atoms with Crippen molar-refractivity contribution in [3.8, 4) is 0 Å². The molecule has 1 heterocycles. The molecule has 116 valence electrons. The van der Waals surface area contributed by atoms with Crippen molar-refractivity contribution >= 4 is 21.8 Å². The summed E-state index contributed by atoms with van der Waals surface area (Å²) in [5, 5.41) is 2.18. The Balaban J connectivity index is 2.42. The lowest BCUT2D eigenvalue weighted by Gasteiger charge is -2.43. The highest BCUT2D eigenvalue weighted by atomic mass is 79.9. The first-order valence-corrected chi connectivity index (χ1v) is 6.82. The highest BCUT2D eigenvalue weighted by Gasteiger charge is 2.52. The number of morpholine rings is 1. The van der Waals surface area contributed by atoms with Crippen molar-refractivity contribution in [1.29, 1.82) is 0 Å². The number of rotatable bonds is 4. The molecule has 8 heteroatoms. The Kier molecular flexibility index (Phi) is 4.57. The van der Waals surface area contributed by atoms with Gasteiger partial charge in [-0.05, 0) is 18.2 Å². The van der Waals surface area contributed by atoms with Gasteiger partial charge >= 0.3 is 0 Å². The molecule has 0 bridgehead atoms. The van der Waals surface area contributed by atoms with Gasteiger partial charge < -0.3 is 10.1 Å². The van der Waals surface area contributed by atoms with Crippen molar-refractivity contribution in [2.75, 3.05) is 26.6 Å². The molecular formula is C13H12BrF4NO2. The fourth-order valence-electron chi connectivity index (χ4n) is 2.08. The number of benzene rings is 1. The third-order valence-corrected chi connectivity index (χ3v) is 3.96. The van der Waals surface area contributed by atoms with Crippen molar-refractivity contribution < 1.29 is 27.1 Å². The smallest absolute Gasteiger partial charge is 0.258 e. The van der Waals surface area contributed by atoms with Crippen LogP contribution in [0, 0.1) is 5.82 Å². The van der Waals surface area contributed by atoms with E-state index in [9.17, 15) is 22.4 Å². The molecule has 1 saturated heterocycles. The van der Waals surface area contributed by atoms with Crippen molar-refractivity contribution in [2.45, 2.75) is 11.1 Å². The molecule has 1 aliphatic heterocycles. The second-order valence-corrected chi connectivity index (χ2v) is 5.76. The predicted molar refractivity (Wildman–Crippen MR) is 70.5 cm³/mol. The fourth-order valence-corrected chi connectivity index (χ4v) is 2.44. The largest absolute Gasteiger partial charge is 0.357 e. The number of hydrogen-bond donors (Lipinski definition) is 1. The monoisotopic (exact) mass is 369 g/mol. The Bertz CT molecular complexity index is 553. The third kappa shape index (κ3) is 2.66. The van der Waals surface area contributed by atoms with Crippen LogP contribution in [0.3, 0.4) is 0 Å². The molecule has 3 nitrogen and oxygen atoms in total. The number of amides is 1. The van der Waals surface area contributed by atoms with E-state index in [1.807, 2.05) is 0 Å². The van der Waals surface area contributed by atoms with Gasteiger partial charge in [0.15, 0.2) is 0 Å². The van der Waals surface area contributed by atoms with Gasteiger partial charge in [-0.2, -0.15) is 0 Å². The maximum atomic E-state index is 13.9. The van der Waals surface area contributed by atoms with Crippen LogP contribution < -0.4 is 5.32 Å². The van der Waals surface area contributed by atoms with E-state index in [1.165, 1.54) is 12.1 Å². The van der Waals surface area contributed by atoms with Gasteiger partial charge in [0.05, 0.1) is 6.61 Å². The van der Waals surface area contributed by atoms with Gasteiger partial charge in [0.25, 0.3) is 5.91 Å². The summed E-state index contributed by atoms with van der Waals surface area (Å²) >= 11 is 3.12. The molecule has 2 rings (SSSR count). The van der Waals surface area contributed by atoms with Crippen LogP contribution in [-0.4, -0.2) is 38.1 Å². The lowest BCUT2D eigenvalue weighted by Crippen LogP contribution is -2.67. The summed E-state index contributed by atoms with van der Waals surface area (Å²) in [4.78, 5) is 11.9. The van der Waals surface area contributed by atoms with Crippen LogP contribution in [0.5, 0.6) is 0 Å². The van der Waals surface area contributed by atoms with Gasteiger partial charge in [-0.15, -0.1) is 0 Å². The molecule has 1 fully saturated rings. The minimum Gasteiger partial charge on any atom is -0.357 e. The predicted octanol–water partition coefficient (Wildman–Crippen LogP) is 2.58. The molecule has 1 amide bonds. The first-order valence-electron chi connectivity index (χ1n) is 6.03. The van der Waals surface area contributed by atoms with Crippen LogP contribution in [0.15, 0.2) is 22.7 Å². The number of halogens is 5. The average Bonchev–Trinajstić information content (AvgIpc) is 2.50. The molecular weight excluding hydrogens is 358 g/mol. The van der Waals surface area contributed by atoms with E-state index in [0.717, 1.165) is 6.07 Å². The Hall–Kier alpha value is -1.15. The zero-order chi connectivity index (χ0) is 15.7. The zero-order valence-electron chi connectivity index (χ0n) is 10.8. The highest BCUT2D eigenvalue weighted by molar-refractivity contribution is 9.10. The molecule has 21 heavy (non-hydrogen) atoms. The van der Waals surface area contributed by atoms with Crippen LogP contribution in [0.1, 0.15) is 5.56 Å². The summed E-state index contributed by atoms with van der Waals surface area (Å²) in [5.74, 6) is -1.90. The van der Waals surface area contributed by atoms with Crippen molar-refractivity contribution in [3.05, 3.63) is 34.1 Å². The maximum absolute atomic E-state index is 13.9. The van der Waals surface area contributed by atoms with Crippen LogP contribution in [-0.2, 0) is 15.1 Å².